The predicted molar refractivity (Wildman–Crippen MR) is 218 cm³/mol. The molecule has 0 aliphatic heterocycles. The van der Waals surface area contributed by atoms with Crippen LogP contribution in [0.3, 0.4) is 0 Å². The molecule has 0 N–H and O–H groups in total. The molecule has 4 aromatic carbocycles. The lowest BCUT2D eigenvalue weighted by Gasteiger charge is -2.49. The number of furan rings is 2. The first-order valence-electron chi connectivity index (χ1n) is 18.2. The zero-order chi connectivity index (χ0) is 36.3. The number of anilines is 2. The molecule has 6 aromatic heterocycles. The molecule has 0 saturated carbocycles. The Kier molecular flexibility index (Phi) is 6.39. The Morgan fingerprint density at radius 3 is 2.13 bits per heavy atom. The molecule has 54 heavy (non-hydrogen) atoms. The summed E-state index contributed by atoms with van der Waals surface area (Å²) in [4.78, 5) is 12.5. The van der Waals surface area contributed by atoms with Crippen molar-refractivity contribution in [3.8, 4) is 17.1 Å². The fourth-order valence-corrected chi connectivity index (χ4v) is 9.89. The first-order chi connectivity index (χ1) is 26.3. The van der Waals surface area contributed by atoms with Crippen molar-refractivity contribution < 1.29 is 8.83 Å². The lowest BCUT2D eigenvalue weighted by molar-refractivity contribution is 0.372. The topological polar surface area (TPSA) is 65.2 Å². The van der Waals surface area contributed by atoms with Crippen LogP contribution in [0.5, 0.6) is 0 Å². The van der Waals surface area contributed by atoms with Crippen molar-refractivity contribution in [1.82, 2.24) is 19.1 Å². The van der Waals surface area contributed by atoms with Gasteiger partial charge in [0.15, 0.2) is 0 Å². The number of para-hydroxylation sites is 3. The van der Waals surface area contributed by atoms with Crippen molar-refractivity contribution in [3.05, 3.63) is 162 Å². The summed E-state index contributed by atoms with van der Waals surface area (Å²) >= 11 is 1.70. The van der Waals surface area contributed by atoms with E-state index in [2.05, 4.69) is 162 Å². The van der Waals surface area contributed by atoms with Gasteiger partial charge in [0.1, 0.15) is 11.4 Å². The second-order valence-corrected chi connectivity index (χ2v) is 15.9. The van der Waals surface area contributed by atoms with Gasteiger partial charge in [-0.15, -0.1) is 11.3 Å². The lowest BCUT2D eigenvalue weighted by atomic mass is 9.64. The lowest BCUT2D eigenvalue weighted by Crippen LogP contribution is -2.48. The Morgan fingerprint density at radius 2 is 1.41 bits per heavy atom. The summed E-state index contributed by atoms with van der Waals surface area (Å²) in [6.07, 6.45) is 3.87. The van der Waals surface area contributed by atoms with Crippen molar-refractivity contribution in [3.63, 3.8) is 0 Å². The molecule has 1 unspecified atom stereocenters. The van der Waals surface area contributed by atoms with E-state index in [1.807, 2.05) is 24.1 Å². The Morgan fingerprint density at radius 1 is 0.722 bits per heavy atom. The number of benzene rings is 4. The maximum atomic E-state index is 6.98. The molecular weight excluding hydrogens is 687 g/mol. The quantitative estimate of drug-likeness (QED) is 0.177. The van der Waals surface area contributed by atoms with Gasteiger partial charge in [0, 0.05) is 63.4 Å². The molecule has 0 saturated heterocycles. The van der Waals surface area contributed by atoms with Crippen LogP contribution < -0.4 is 4.90 Å². The van der Waals surface area contributed by atoms with Crippen molar-refractivity contribution in [1.29, 1.82) is 0 Å². The van der Waals surface area contributed by atoms with E-state index in [-0.39, 0.29) is 0 Å². The minimum Gasteiger partial charge on any atom is -0.429 e. The van der Waals surface area contributed by atoms with E-state index in [0.717, 1.165) is 71.5 Å². The molecule has 1 aliphatic rings. The molecule has 0 amide bonds. The number of thiophene rings is 1. The number of nitrogens with zero attached hydrogens (tertiary/aromatic N) is 5. The average Bonchev–Trinajstić information content (AvgIpc) is 4.02. The molecule has 10 aromatic rings. The molecule has 1 aliphatic carbocycles. The highest BCUT2D eigenvalue weighted by molar-refractivity contribution is 7.17. The zero-order valence-corrected chi connectivity index (χ0v) is 31.1. The van der Waals surface area contributed by atoms with E-state index < -0.39 is 11.0 Å². The summed E-state index contributed by atoms with van der Waals surface area (Å²) in [7, 11) is 1.99. The SMILES string of the molecule is Cn1cnc(-c2csc3cc4c5ccccc5n(-c5cc6c7c(oc6o5)C(C)(C)c5ccccc5C7(C)N(c5ccccc5)c5ccccc5)c4nc23)c1. The summed E-state index contributed by atoms with van der Waals surface area (Å²) in [6, 6.07) is 43.0. The van der Waals surface area contributed by atoms with Gasteiger partial charge in [0.05, 0.1) is 38.7 Å². The number of hydrogen-bond donors (Lipinski definition) is 0. The van der Waals surface area contributed by atoms with Crippen LogP contribution in [-0.2, 0) is 18.0 Å². The monoisotopic (exact) mass is 721 g/mol. The number of imidazole rings is 1. The first kappa shape index (κ1) is 31.2. The molecule has 0 spiro atoms. The first-order valence-corrected chi connectivity index (χ1v) is 19.1. The normalized spacial score (nSPS) is 16.4. The van der Waals surface area contributed by atoms with Crippen LogP contribution in [0.2, 0.25) is 0 Å². The van der Waals surface area contributed by atoms with E-state index in [0.29, 0.717) is 11.7 Å². The van der Waals surface area contributed by atoms with E-state index in [4.69, 9.17) is 13.8 Å². The number of pyridine rings is 1. The van der Waals surface area contributed by atoms with Crippen molar-refractivity contribution >= 4 is 66.0 Å². The van der Waals surface area contributed by atoms with E-state index in [1.165, 1.54) is 11.1 Å². The second-order valence-electron chi connectivity index (χ2n) is 15.0. The maximum Gasteiger partial charge on any atom is 0.299 e. The molecule has 8 heteroatoms. The van der Waals surface area contributed by atoms with E-state index in [9.17, 15) is 0 Å². The summed E-state index contributed by atoms with van der Waals surface area (Å²) in [6.45, 7) is 6.84. The molecular formula is C46H35N5O2S. The summed E-state index contributed by atoms with van der Waals surface area (Å²) < 4.78 is 19.1. The molecule has 11 rings (SSSR count). The van der Waals surface area contributed by atoms with Crippen molar-refractivity contribution in [2.45, 2.75) is 31.7 Å². The highest BCUT2D eigenvalue weighted by Crippen LogP contribution is 2.57. The van der Waals surface area contributed by atoms with Crippen molar-refractivity contribution in [2.24, 2.45) is 7.05 Å². The molecule has 0 radical (unpaired) electrons. The van der Waals surface area contributed by atoms with Crippen LogP contribution in [0.25, 0.3) is 60.5 Å². The molecule has 6 heterocycles. The van der Waals surface area contributed by atoms with E-state index in [1.54, 1.807) is 11.3 Å². The average molecular weight is 722 g/mol. The summed E-state index contributed by atoms with van der Waals surface area (Å²) in [5.74, 6) is 2.06. The third kappa shape index (κ3) is 4.17. The number of aryl methyl sites for hydroxylation is 1. The Labute approximate surface area is 315 Å². The van der Waals surface area contributed by atoms with Crippen LogP contribution in [0.4, 0.5) is 11.4 Å². The number of hydrogen-bond acceptors (Lipinski definition) is 6. The standard InChI is InChI=1S/C46H35N5O2S/c1-45(2)34-20-12-13-21-35(34)46(3,51(28-15-7-5-8-16-28)29-17-9-6-10-18-29)40-32-24-39(52-44(32)53-42(40)45)50-37-22-14-11-19-30(37)31-23-38-41(48-43(31)50)33(26-54-38)36-25-49(4)27-47-36/h5-27H,1-4H3. The van der Waals surface area contributed by atoms with Crippen LogP contribution in [0.15, 0.2) is 148 Å². The smallest absolute Gasteiger partial charge is 0.299 e. The van der Waals surface area contributed by atoms with Crippen LogP contribution >= 0.6 is 11.3 Å². The second kappa shape index (κ2) is 11.1. The Hall–Kier alpha value is -6.38. The molecule has 0 bridgehead atoms. The third-order valence-electron chi connectivity index (χ3n) is 11.4. The van der Waals surface area contributed by atoms with Crippen molar-refractivity contribution in [2.75, 3.05) is 4.90 Å². The van der Waals surface area contributed by atoms with Gasteiger partial charge in [0.25, 0.3) is 5.78 Å². The fourth-order valence-electron chi connectivity index (χ4n) is 8.95. The largest absolute Gasteiger partial charge is 0.429 e. The highest BCUT2D eigenvalue weighted by Gasteiger charge is 2.52. The summed E-state index contributed by atoms with van der Waals surface area (Å²) in [5.41, 5.74) is 9.30. The van der Waals surface area contributed by atoms with Gasteiger partial charge in [0.2, 0.25) is 5.88 Å². The fraction of sp³-hybridized carbons (Fsp3) is 0.130. The molecule has 7 nitrogen and oxygen atoms in total. The van der Waals surface area contributed by atoms with Gasteiger partial charge in [-0.3, -0.25) is 4.57 Å². The van der Waals surface area contributed by atoms with Crippen LogP contribution in [0.1, 0.15) is 43.2 Å². The summed E-state index contributed by atoms with van der Waals surface area (Å²) in [5, 5.41) is 5.29. The van der Waals surface area contributed by atoms with Gasteiger partial charge in [-0.2, -0.15) is 0 Å². The predicted octanol–water partition coefficient (Wildman–Crippen LogP) is 11.9. The number of rotatable bonds is 5. The number of fused-ring (bicyclic) bond motifs is 8. The molecule has 0 fully saturated rings. The zero-order valence-electron chi connectivity index (χ0n) is 30.2. The minimum atomic E-state index is -0.684. The van der Waals surface area contributed by atoms with Gasteiger partial charge < -0.3 is 18.3 Å². The van der Waals surface area contributed by atoms with Gasteiger partial charge >= 0.3 is 0 Å². The van der Waals surface area contributed by atoms with E-state index >= 15 is 0 Å². The Bertz CT molecular complexity index is 3030. The van der Waals surface area contributed by atoms with Crippen LogP contribution in [0, 0.1) is 0 Å². The number of aromatic nitrogens is 4. The molecule has 1 atom stereocenters. The minimum absolute atomic E-state index is 0.424. The van der Waals surface area contributed by atoms with Gasteiger partial charge in [-0.25, -0.2) is 9.97 Å². The molecule has 262 valence electrons. The Balaban J connectivity index is 1.20. The third-order valence-corrected chi connectivity index (χ3v) is 12.3. The van der Waals surface area contributed by atoms with Gasteiger partial charge in [-0.05, 0) is 68.3 Å². The maximum absolute atomic E-state index is 6.98. The van der Waals surface area contributed by atoms with Gasteiger partial charge in [-0.1, -0.05) is 78.9 Å². The highest BCUT2D eigenvalue weighted by atomic mass is 32.1. The van der Waals surface area contributed by atoms with Crippen LogP contribution in [-0.4, -0.2) is 19.1 Å².